The summed E-state index contributed by atoms with van der Waals surface area (Å²) in [4.78, 5) is 16.7. The molecule has 4 nitrogen and oxygen atoms in total. The normalized spacial score (nSPS) is 8.79. The Hall–Kier alpha value is -1.48. The summed E-state index contributed by atoms with van der Waals surface area (Å²) in [6, 6.07) is 0. The van der Waals surface area contributed by atoms with Gasteiger partial charge < -0.3 is 0 Å². The van der Waals surface area contributed by atoms with E-state index in [2.05, 4.69) is 103 Å². The summed E-state index contributed by atoms with van der Waals surface area (Å²) < 4.78 is 0. The van der Waals surface area contributed by atoms with E-state index >= 15 is 0 Å². The maximum Gasteiger partial charge on any atom is 0.0893 e. The number of nitrogens with zero attached hydrogens (tertiary/aromatic N) is 4. The predicted octanol–water partition coefficient (Wildman–Crippen LogP) is 12.1. The van der Waals surface area contributed by atoms with Crippen LogP contribution in [0.25, 0.3) is 0 Å². The Labute approximate surface area is 258 Å². The van der Waals surface area contributed by atoms with E-state index < -0.39 is 0 Å². The van der Waals surface area contributed by atoms with Gasteiger partial charge in [0.25, 0.3) is 0 Å². The van der Waals surface area contributed by atoms with E-state index in [0.29, 0.717) is 0 Å². The molecule has 0 aliphatic carbocycles. The fourth-order valence-corrected chi connectivity index (χ4v) is 2.77. The first-order valence-electron chi connectivity index (χ1n) is 13.5. The molecule has 0 bridgehead atoms. The molecule has 4 rings (SSSR count). The van der Waals surface area contributed by atoms with Crippen LogP contribution in [-0.4, -0.2) is 19.9 Å². The zero-order valence-corrected chi connectivity index (χ0v) is 30.7. The molecule has 0 aromatic carbocycles. The first-order chi connectivity index (χ1) is 18.1. The Kier molecular flexibility index (Phi) is 39.5. The molecule has 0 saturated heterocycles. The van der Waals surface area contributed by atoms with Gasteiger partial charge in [0.1, 0.15) is 0 Å². The molecule has 0 saturated carbocycles. The zero-order valence-electron chi connectivity index (χ0n) is 27.4. The fraction of sp³-hybridized carbons (Fsp3) is 0.613. The average molecular weight is 615 g/mol. The van der Waals surface area contributed by atoms with Gasteiger partial charge in [0, 0.05) is 45.3 Å². The second-order valence-corrected chi connectivity index (χ2v) is 14.6. The number of hydrogen-bond donors (Lipinski definition) is 0. The molecule has 0 N–H and O–H groups in total. The van der Waals surface area contributed by atoms with Crippen LogP contribution in [0.4, 0.5) is 0 Å². The molecule has 0 aliphatic heterocycles. The second kappa shape index (κ2) is 34.5. The van der Waals surface area contributed by atoms with Gasteiger partial charge >= 0.3 is 0 Å². The molecule has 0 aliphatic rings. The van der Waals surface area contributed by atoms with Crippen molar-refractivity contribution < 1.29 is 0 Å². The van der Waals surface area contributed by atoms with Crippen LogP contribution < -0.4 is 0 Å². The van der Waals surface area contributed by atoms with E-state index in [1.54, 1.807) is 63.3 Å². The topological polar surface area (TPSA) is 51.6 Å². The highest BCUT2D eigenvalue weighted by molar-refractivity contribution is 7.09. The van der Waals surface area contributed by atoms with Crippen molar-refractivity contribution in [1.29, 1.82) is 0 Å². The minimum atomic E-state index is 0.833. The van der Waals surface area contributed by atoms with Gasteiger partial charge in [0.2, 0.25) is 0 Å². The average Bonchev–Trinajstić information content (AvgIpc) is 3.59. The molecule has 0 fully saturated rings. The van der Waals surface area contributed by atoms with Crippen molar-refractivity contribution in [2.45, 2.75) is 104 Å². The van der Waals surface area contributed by atoms with Crippen molar-refractivity contribution in [3.63, 3.8) is 0 Å². The van der Waals surface area contributed by atoms with Crippen molar-refractivity contribution in [3.8, 4) is 0 Å². The molecular formula is C31H58N4S4. The van der Waals surface area contributed by atoms with Crippen LogP contribution in [0.3, 0.4) is 0 Å². The third kappa shape index (κ3) is 72.4. The minimum absolute atomic E-state index is 0.833. The van der Waals surface area contributed by atoms with Crippen molar-refractivity contribution >= 4 is 45.3 Å². The summed E-state index contributed by atoms with van der Waals surface area (Å²) in [5, 5.41) is 7.05. The van der Waals surface area contributed by atoms with Crippen LogP contribution in [0.1, 0.15) is 98.7 Å². The highest BCUT2D eigenvalue weighted by Crippen LogP contribution is 2.00. The number of aromatic nitrogens is 4. The van der Waals surface area contributed by atoms with Crippen LogP contribution in [0, 0.1) is 44.4 Å². The number of thiazole rings is 4. The molecular weight excluding hydrogens is 557 g/mol. The molecule has 8 heteroatoms. The van der Waals surface area contributed by atoms with E-state index in [1.165, 1.54) is 4.88 Å². The fourth-order valence-electron chi connectivity index (χ4n) is 1.02. The van der Waals surface area contributed by atoms with Gasteiger partial charge in [-0.25, -0.2) is 0 Å². The van der Waals surface area contributed by atoms with E-state index in [4.69, 9.17) is 0 Å². The first kappa shape index (κ1) is 44.5. The summed E-state index contributed by atoms with van der Waals surface area (Å²) in [5.74, 6) is 3.33. The molecule has 4 aromatic heterocycles. The number of aryl methyl sites for hydroxylation is 3. The van der Waals surface area contributed by atoms with Crippen molar-refractivity contribution in [3.05, 3.63) is 66.8 Å². The lowest BCUT2D eigenvalue weighted by Gasteiger charge is -1.79. The Morgan fingerprint density at radius 1 is 0.538 bits per heavy atom. The van der Waals surface area contributed by atoms with Crippen LogP contribution in [0.15, 0.2) is 51.3 Å². The highest BCUT2D eigenvalue weighted by Gasteiger charge is 1.77. The quantitative estimate of drug-likeness (QED) is 0.198. The zero-order chi connectivity index (χ0) is 31.1. The molecule has 4 heterocycles. The van der Waals surface area contributed by atoms with Gasteiger partial charge in [-0.05, 0) is 44.4 Å². The Morgan fingerprint density at radius 2 is 1.05 bits per heavy atom. The standard InChI is InChI=1S/3C4H5NS.4C4H10.C3H3NS/c1-4-2-6-3-5-4;1-4-2-5-3-6-4;1-4-5-2-3-6-4;4*1-4(2)3;1-2-5-3-4-1/h3*2-3H,1H3;4*4H,1-3H3;1-3H. The van der Waals surface area contributed by atoms with E-state index in [0.717, 1.165) is 34.4 Å². The smallest absolute Gasteiger partial charge is 0.0893 e. The van der Waals surface area contributed by atoms with Crippen molar-refractivity contribution in [1.82, 2.24) is 19.9 Å². The summed E-state index contributed by atoms with van der Waals surface area (Å²) in [5.41, 5.74) is 6.56. The first-order valence-corrected chi connectivity index (χ1v) is 17.1. The maximum absolute atomic E-state index is 3.94. The van der Waals surface area contributed by atoms with Crippen LogP contribution >= 0.6 is 45.3 Å². The summed E-state index contributed by atoms with van der Waals surface area (Å²) in [6.45, 7) is 32.0. The Balaban J connectivity index is -0.000000181. The van der Waals surface area contributed by atoms with Gasteiger partial charge in [-0.3, -0.25) is 19.9 Å². The van der Waals surface area contributed by atoms with E-state index in [-0.39, 0.29) is 0 Å². The second-order valence-electron chi connectivity index (χ2n) is 10.9. The van der Waals surface area contributed by atoms with Gasteiger partial charge in [0.15, 0.2) is 0 Å². The highest BCUT2D eigenvalue weighted by atomic mass is 32.1. The molecule has 0 amide bonds. The minimum Gasteiger partial charge on any atom is -0.253 e. The summed E-state index contributed by atoms with van der Waals surface area (Å²) >= 11 is 6.56. The monoisotopic (exact) mass is 614 g/mol. The molecule has 226 valence electrons. The molecule has 0 radical (unpaired) electrons. The van der Waals surface area contributed by atoms with Gasteiger partial charge in [-0.2, -0.15) is 0 Å². The SMILES string of the molecule is CC(C)C.CC(C)C.CC(C)C.CC(C)C.Cc1cncs1.Cc1cscn1.Cc1nccs1.c1cscn1. The molecule has 0 spiro atoms. The lowest BCUT2D eigenvalue weighted by Crippen LogP contribution is -1.66. The summed E-state index contributed by atoms with van der Waals surface area (Å²) in [7, 11) is 0. The van der Waals surface area contributed by atoms with Gasteiger partial charge in [0.05, 0.1) is 21.5 Å². The largest absolute Gasteiger partial charge is 0.253 e. The van der Waals surface area contributed by atoms with E-state index in [9.17, 15) is 0 Å². The van der Waals surface area contributed by atoms with Gasteiger partial charge in [-0.15, -0.1) is 45.3 Å². The van der Waals surface area contributed by atoms with Crippen molar-refractivity contribution in [2.24, 2.45) is 23.7 Å². The molecule has 0 unspecified atom stereocenters. The molecule has 4 aromatic rings. The molecule has 0 atom stereocenters. The van der Waals surface area contributed by atoms with Gasteiger partial charge in [-0.1, -0.05) is 83.1 Å². The number of hydrogen-bond acceptors (Lipinski definition) is 8. The maximum atomic E-state index is 3.94. The van der Waals surface area contributed by atoms with Crippen LogP contribution in [0.5, 0.6) is 0 Å². The Morgan fingerprint density at radius 3 is 1.15 bits per heavy atom. The Bertz CT molecular complexity index is 710. The number of rotatable bonds is 0. The third-order valence-electron chi connectivity index (χ3n) is 2.01. The van der Waals surface area contributed by atoms with Crippen LogP contribution in [-0.2, 0) is 0 Å². The molecule has 39 heavy (non-hydrogen) atoms. The third-order valence-corrected chi connectivity index (χ3v) is 4.65. The van der Waals surface area contributed by atoms with E-state index in [1.807, 2.05) is 54.1 Å². The van der Waals surface area contributed by atoms with Crippen LogP contribution in [0.2, 0.25) is 0 Å². The summed E-state index contributed by atoms with van der Waals surface area (Å²) in [6.07, 6.45) is 5.43. The lowest BCUT2D eigenvalue weighted by atomic mass is 10.3. The van der Waals surface area contributed by atoms with Crippen molar-refractivity contribution in [2.75, 3.05) is 0 Å². The lowest BCUT2D eigenvalue weighted by molar-refractivity contribution is 0.736. The predicted molar refractivity (Wildman–Crippen MR) is 185 cm³/mol.